The van der Waals surface area contributed by atoms with E-state index < -0.39 is 5.97 Å². The van der Waals surface area contributed by atoms with Gasteiger partial charge >= 0.3 is 5.97 Å². The molecule has 0 saturated carbocycles. The zero-order valence-corrected chi connectivity index (χ0v) is 15.1. The van der Waals surface area contributed by atoms with Crippen molar-refractivity contribution >= 4 is 46.3 Å². The van der Waals surface area contributed by atoms with Crippen LogP contribution in [0.1, 0.15) is 24.0 Å². The van der Waals surface area contributed by atoms with Gasteiger partial charge in [0.2, 0.25) is 0 Å². The van der Waals surface area contributed by atoms with E-state index in [-0.39, 0.29) is 18.7 Å². The predicted molar refractivity (Wildman–Crippen MR) is 103 cm³/mol. The third kappa shape index (κ3) is 4.15. The topological polar surface area (TPSA) is 66.4 Å². The van der Waals surface area contributed by atoms with Crippen molar-refractivity contribution < 1.29 is 14.7 Å². The highest BCUT2D eigenvalue weighted by Crippen LogP contribution is 2.31. The second-order valence-electron chi connectivity index (χ2n) is 5.81. The SMILES string of the molecule is O=C(O)CC/C(=C1\C=C(c2ccc(Cl)cc2)NC1=O)c1ccc(Cl)cc1. The summed E-state index contributed by atoms with van der Waals surface area (Å²) in [6.07, 6.45) is 1.92. The number of carboxylic acid groups (broad SMARTS) is 1. The molecule has 0 aromatic heterocycles. The number of aliphatic carboxylic acids is 1. The summed E-state index contributed by atoms with van der Waals surface area (Å²) < 4.78 is 0. The fourth-order valence-electron chi connectivity index (χ4n) is 2.76. The molecular formula is C20H15Cl2NO3. The van der Waals surface area contributed by atoms with E-state index in [2.05, 4.69) is 5.32 Å². The van der Waals surface area contributed by atoms with Crippen LogP contribution in [-0.2, 0) is 9.59 Å². The molecule has 1 aliphatic heterocycles. The van der Waals surface area contributed by atoms with Gasteiger partial charge in [-0.1, -0.05) is 47.5 Å². The number of carbonyl (C=O) groups is 2. The summed E-state index contributed by atoms with van der Waals surface area (Å²) in [6.45, 7) is 0. The fourth-order valence-corrected chi connectivity index (χ4v) is 3.01. The Morgan fingerprint density at radius 3 is 2.08 bits per heavy atom. The van der Waals surface area contributed by atoms with Crippen LogP contribution in [0.25, 0.3) is 11.3 Å². The summed E-state index contributed by atoms with van der Waals surface area (Å²) >= 11 is 11.8. The molecule has 2 N–H and O–H groups in total. The Bertz CT molecular complexity index is 913. The molecule has 0 radical (unpaired) electrons. The van der Waals surface area contributed by atoms with E-state index in [9.17, 15) is 9.59 Å². The number of benzene rings is 2. The van der Waals surface area contributed by atoms with E-state index in [0.717, 1.165) is 11.1 Å². The predicted octanol–water partition coefficient (Wildman–Crippen LogP) is 4.78. The van der Waals surface area contributed by atoms with Crippen molar-refractivity contribution in [3.05, 3.63) is 81.4 Å². The van der Waals surface area contributed by atoms with E-state index in [1.807, 2.05) is 12.1 Å². The lowest BCUT2D eigenvalue weighted by molar-refractivity contribution is -0.136. The van der Waals surface area contributed by atoms with Crippen molar-refractivity contribution in [3.8, 4) is 0 Å². The van der Waals surface area contributed by atoms with Crippen LogP contribution in [0.2, 0.25) is 10.0 Å². The highest BCUT2D eigenvalue weighted by Gasteiger charge is 2.23. The molecular weight excluding hydrogens is 373 g/mol. The van der Waals surface area contributed by atoms with Crippen molar-refractivity contribution in [2.45, 2.75) is 12.8 Å². The van der Waals surface area contributed by atoms with E-state index >= 15 is 0 Å². The van der Waals surface area contributed by atoms with Crippen molar-refractivity contribution in [2.75, 3.05) is 0 Å². The van der Waals surface area contributed by atoms with Gasteiger partial charge in [-0.15, -0.1) is 0 Å². The monoisotopic (exact) mass is 387 g/mol. The first-order chi connectivity index (χ1) is 12.4. The van der Waals surface area contributed by atoms with Gasteiger partial charge in [-0.2, -0.15) is 0 Å². The number of carbonyl (C=O) groups excluding carboxylic acids is 1. The summed E-state index contributed by atoms with van der Waals surface area (Å²) in [4.78, 5) is 23.6. The Kier molecular flexibility index (Phi) is 5.45. The first-order valence-corrected chi connectivity index (χ1v) is 8.69. The number of nitrogens with one attached hydrogen (secondary N) is 1. The fraction of sp³-hybridized carbons (Fsp3) is 0.100. The van der Waals surface area contributed by atoms with E-state index in [0.29, 0.717) is 26.9 Å². The number of carboxylic acids is 1. The molecule has 0 spiro atoms. The summed E-state index contributed by atoms with van der Waals surface area (Å²) in [6, 6.07) is 14.1. The Balaban J connectivity index is 2.05. The molecule has 0 aliphatic carbocycles. The zero-order chi connectivity index (χ0) is 18.7. The van der Waals surface area contributed by atoms with Crippen LogP contribution in [0, 0.1) is 0 Å². The van der Waals surface area contributed by atoms with Crippen LogP contribution >= 0.6 is 23.2 Å². The van der Waals surface area contributed by atoms with Crippen molar-refractivity contribution in [1.82, 2.24) is 5.32 Å². The van der Waals surface area contributed by atoms with Gasteiger partial charge < -0.3 is 10.4 Å². The summed E-state index contributed by atoms with van der Waals surface area (Å²) in [5.74, 6) is -1.18. The zero-order valence-electron chi connectivity index (χ0n) is 13.6. The molecule has 0 saturated heterocycles. The van der Waals surface area contributed by atoms with Gasteiger partial charge in [-0.25, -0.2) is 0 Å². The van der Waals surface area contributed by atoms with Gasteiger partial charge in [0, 0.05) is 27.7 Å². The Labute approximate surface area is 160 Å². The maximum Gasteiger partial charge on any atom is 0.303 e. The van der Waals surface area contributed by atoms with Crippen LogP contribution in [0.5, 0.6) is 0 Å². The minimum Gasteiger partial charge on any atom is -0.481 e. The van der Waals surface area contributed by atoms with E-state index in [4.69, 9.17) is 28.3 Å². The smallest absolute Gasteiger partial charge is 0.303 e. The molecule has 1 heterocycles. The second-order valence-corrected chi connectivity index (χ2v) is 6.68. The highest BCUT2D eigenvalue weighted by atomic mass is 35.5. The minimum absolute atomic E-state index is 0.0706. The molecule has 26 heavy (non-hydrogen) atoms. The van der Waals surface area contributed by atoms with Crippen molar-refractivity contribution in [3.63, 3.8) is 0 Å². The molecule has 2 aromatic rings. The van der Waals surface area contributed by atoms with Crippen molar-refractivity contribution in [1.29, 1.82) is 0 Å². The van der Waals surface area contributed by atoms with Crippen molar-refractivity contribution in [2.24, 2.45) is 0 Å². The van der Waals surface area contributed by atoms with Gasteiger partial charge in [0.05, 0.1) is 0 Å². The van der Waals surface area contributed by atoms with Crippen LogP contribution in [0.3, 0.4) is 0 Å². The summed E-state index contributed by atoms with van der Waals surface area (Å²) in [5, 5.41) is 13.1. The van der Waals surface area contributed by atoms with Gasteiger partial charge in [0.1, 0.15) is 0 Å². The summed E-state index contributed by atoms with van der Waals surface area (Å²) in [7, 11) is 0. The third-order valence-electron chi connectivity index (χ3n) is 4.04. The van der Waals surface area contributed by atoms with Crippen LogP contribution in [0.15, 0.2) is 60.2 Å². The van der Waals surface area contributed by atoms with E-state index in [1.54, 1.807) is 42.5 Å². The Morgan fingerprint density at radius 1 is 0.923 bits per heavy atom. The Morgan fingerprint density at radius 2 is 1.50 bits per heavy atom. The highest BCUT2D eigenvalue weighted by molar-refractivity contribution is 6.31. The molecule has 0 bridgehead atoms. The average Bonchev–Trinajstić information content (AvgIpc) is 2.99. The van der Waals surface area contributed by atoms with Gasteiger partial charge in [0.25, 0.3) is 5.91 Å². The molecule has 0 unspecified atom stereocenters. The molecule has 1 amide bonds. The number of halogens is 2. The van der Waals surface area contributed by atoms with Crippen LogP contribution in [0.4, 0.5) is 0 Å². The standard InChI is InChI=1S/C20H15Cl2NO3/c21-14-5-1-12(2-6-14)16(9-10-19(24)25)17-11-18(23-20(17)26)13-3-7-15(22)8-4-13/h1-8,11H,9-10H2,(H,23,26)(H,24,25)/b17-16-. The lowest BCUT2D eigenvalue weighted by Crippen LogP contribution is -2.17. The number of rotatable bonds is 5. The lowest BCUT2D eigenvalue weighted by atomic mass is 9.95. The molecule has 2 aromatic carbocycles. The minimum atomic E-state index is -0.919. The molecule has 0 fully saturated rings. The van der Waals surface area contributed by atoms with Gasteiger partial charge in [0.15, 0.2) is 0 Å². The molecule has 0 atom stereocenters. The number of hydrogen-bond donors (Lipinski definition) is 2. The largest absolute Gasteiger partial charge is 0.481 e. The molecule has 1 aliphatic rings. The quantitative estimate of drug-likeness (QED) is 0.725. The average molecular weight is 388 g/mol. The normalized spacial score (nSPS) is 15.5. The number of amides is 1. The van der Waals surface area contributed by atoms with Crippen LogP contribution in [-0.4, -0.2) is 17.0 Å². The number of hydrogen-bond acceptors (Lipinski definition) is 2. The molecule has 3 rings (SSSR count). The maximum absolute atomic E-state index is 12.5. The Hall–Kier alpha value is -2.56. The van der Waals surface area contributed by atoms with Gasteiger partial charge in [-0.3, -0.25) is 9.59 Å². The number of allylic oxidation sites excluding steroid dienone is 1. The first-order valence-electron chi connectivity index (χ1n) is 7.94. The van der Waals surface area contributed by atoms with Gasteiger partial charge in [-0.05, 0) is 53.5 Å². The van der Waals surface area contributed by atoms with Crippen LogP contribution < -0.4 is 5.32 Å². The maximum atomic E-state index is 12.5. The van der Waals surface area contributed by atoms with E-state index in [1.165, 1.54) is 0 Å². The lowest BCUT2D eigenvalue weighted by Gasteiger charge is -2.09. The summed E-state index contributed by atoms with van der Waals surface area (Å²) in [5.41, 5.74) is 3.38. The molecule has 6 heteroatoms. The second kappa shape index (κ2) is 7.77. The molecule has 132 valence electrons. The molecule has 4 nitrogen and oxygen atoms in total. The third-order valence-corrected chi connectivity index (χ3v) is 4.55. The first kappa shape index (κ1) is 18.2.